The second-order valence-corrected chi connectivity index (χ2v) is 4.67. The van der Waals surface area contributed by atoms with E-state index in [1.807, 2.05) is 0 Å². The minimum absolute atomic E-state index is 0.0852. The van der Waals surface area contributed by atoms with Crippen LogP contribution in [-0.4, -0.2) is 16.6 Å². The van der Waals surface area contributed by atoms with E-state index < -0.39 is 0 Å². The predicted molar refractivity (Wildman–Crippen MR) is 68.9 cm³/mol. The van der Waals surface area contributed by atoms with Gasteiger partial charge in [-0.1, -0.05) is 17.7 Å². The maximum Gasteiger partial charge on any atom is 0.302 e. The average Bonchev–Trinajstić information content (AvgIpc) is 2.86. The number of fused-ring (bicyclic) bond motifs is 1. The molecule has 0 fully saturated rings. The van der Waals surface area contributed by atoms with Crippen LogP contribution in [0.2, 0.25) is 0 Å². The Morgan fingerprint density at radius 1 is 1.44 bits per heavy atom. The van der Waals surface area contributed by atoms with Gasteiger partial charge in [-0.3, -0.25) is 4.90 Å². The van der Waals surface area contributed by atoms with Crippen LogP contribution >= 0.6 is 0 Å². The Bertz CT molecular complexity index is 563. The van der Waals surface area contributed by atoms with Gasteiger partial charge in [0.05, 0.1) is 6.61 Å². The molecule has 4 heteroatoms. The van der Waals surface area contributed by atoms with Crippen LogP contribution in [0.15, 0.2) is 28.9 Å². The molecule has 1 aliphatic rings. The Balaban J connectivity index is 2.00. The maximum absolute atomic E-state index is 9.04. The van der Waals surface area contributed by atoms with Crippen LogP contribution in [0.1, 0.15) is 23.2 Å². The van der Waals surface area contributed by atoms with Crippen LogP contribution < -0.4 is 4.90 Å². The summed E-state index contributed by atoms with van der Waals surface area (Å²) in [5.74, 6) is 0. The van der Waals surface area contributed by atoms with Gasteiger partial charge >= 0.3 is 6.01 Å². The van der Waals surface area contributed by atoms with Crippen molar-refractivity contribution < 1.29 is 9.52 Å². The minimum atomic E-state index is -0.0852. The number of hydrogen-bond donors (Lipinski definition) is 1. The van der Waals surface area contributed by atoms with Crippen molar-refractivity contribution in [2.24, 2.45) is 0 Å². The lowest BCUT2D eigenvalue weighted by molar-refractivity contribution is 0.276. The van der Waals surface area contributed by atoms with E-state index in [2.05, 4.69) is 35.0 Å². The summed E-state index contributed by atoms with van der Waals surface area (Å²) in [6, 6.07) is 7.01. The molecule has 0 unspecified atom stereocenters. The SMILES string of the molecule is Cc1ccc2c(c1)CCCN2c1nc(CO)co1. The van der Waals surface area contributed by atoms with E-state index in [-0.39, 0.29) is 6.61 Å². The van der Waals surface area contributed by atoms with Gasteiger partial charge in [0.15, 0.2) is 0 Å². The van der Waals surface area contributed by atoms with E-state index in [4.69, 9.17) is 9.52 Å². The van der Waals surface area contributed by atoms with Crippen LogP contribution in [0, 0.1) is 6.92 Å². The number of aryl methyl sites for hydroxylation is 2. The van der Waals surface area contributed by atoms with Crippen molar-refractivity contribution in [1.29, 1.82) is 0 Å². The van der Waals surface area contributed by atoms with E-state index in [1.165, 1.54) is 17.4 Å². The van der Waals surface area contributed by atoms with Crippen molar-refractivity contribution in [3.05, 3.63) is 41.3 Å². The molecule has 1 aliphatic heterocycles. The molecule has 18 heavy (non-hydrogen) atoms. The van der Waals surface area contributed by atoms with Crippen LogP contribution in [0.25, 0.3) is 0 Å². The van der Waals surface area contributed by atoms with E-state index in [1.54, 1.807) is 0 Å². The van der Waals surface area contributed by atoms with E-state index >= 15 is 0 Å². The lowest BCUT2D eigenvalue weighted by atomic mass is 10.00. The zero-order valence-corrected chi connectivity index (χ0v) is 10.4. The number of aliphatic hydroxyl groups is 1. The highest BCUT2D eigenvalue weighted by atomic mass is 16.4. The minimum Gasteiger partial charge on any atom is -0.431 e. The Morgan fingerprint density at radius 3 is 3.11 bits per heavy atom. The third kappa shape index (κ3) is 1.88. The summed E-state index contributed by atoms with van der Waals surface area (Å²) in [7, 11) is 0. The average molecular weight is 244 g/mol. The van der Waals surface area contributed by atoms with Crippen LogP contribution in [0.4, 0.5) is 11.7 Å². The largest absolute Gasteiger partial charge is 0.431 e. The van der Waals surface area contributed by atoms with Gasteiger partial charge in [0.2, 0.25) is 0 Å². The molecular formula is C14H16N2O2. The zero-order valence-electron chi connectivity index (χ0n) is 10.4. The molecular weight excluding hydrogens is 228 g/mol. The lowest BCUT2D eigenvalue weighted by Crippen LogP contribution is -2.24. The third-order valence-corrected chi connectivity index (χ3v) is 3.29. The van der Waals surface area contributed by atoms with Gasteiger partial charge in [0, 0.05) is 12.2 Å². The number of anilines is 2. The summed E-state index contributed by atoms with van der Waals surface area (Å²) >= 11 is 0. The molecule has 0 bridgehead atoms. The molecule has 0 saturated heterocycles. The summed E-state index contributed by atoms with van der Waals surface area (Å²) in [6.07, 6.45) is 3.70. The standard InChI is InChI=1S/C14H16N2O2/c1-10-4-5-13-11(7-10)3-2-6-16(13)14-15-12(8-17)9-18-14/h4-5,7,9,17H,2-3,6,8H2,1H3. The number of oxazole rings is 1. The van der Waals surface area contributed by atoms with Crippen molar-refractivity contribution >= 4 is 11.7 Å². The van der Waals surface area contributed by atoms with Crippen LogP contribution in [0.5, 0.6) is 0 Å². The molecule has 0 atom stereocenters. The van der Waals surface area contributed by atoms with Crippen LogP contribution in [-0.2, 0) is 13.0 Å². The topological polar surface area (TPSA) is 49.5 Å². The molecule has 1 aromatic carbocycles. The van der Waals surface area contributed by atoms with Crippen molar-refractivity contribution in [3.63, 3.8) is 0 Å². The molecule has 0 saturated carbocycles. The second kappa shape index (κ2) is 4.46. The number of rotatable bonds is 2. The van der Waals surface area contributed by atoms with Gasteiger partial charge < -0.3 is 9.52 Å². The first-order chi connectivity index (χ1) is 8.78. The quantitative estimate of drug-likeness (QED) is 0.882. The Labute approximate surface area is 106 Å². The molecule has 0 amide bonds. The molecule has 4 nitrogen and oxygen atoms in total. The molecule has 0 aliphatic carbocycles. The van der Waals surface area contributed by atoms with Crippen LogP contribution in [0.3, 0.4) is 0 Å². The first kappa shape index (κ1) is 11.3. The molecule has 3 rings (SSSR count). The summed E-state index contributed by atoms with van der Waals surface area (Å²) in [4.78, 5) is 6.36. The van der Waals surface area contributed by atoms with Gasteiger partial charge in [0.1, 0.15) is 12.0 Å². The summed E-state index contributed by atoms with van der Waals surface area (Å²) in [6.45, 7) is 2.92. The second-order valence-electron chi connectivity index (χ2n) is 4.67. The number of hydrogen-bond acceptors (Lipinski definition) is 4. The van der Waals surface area contributed by atoms with Gasteiger partial charge in [0.25, 0.3) is 0 Å². The first-order valence-electron chi connectivity index (χ1n) is 6.20. The lowest BCUT2D eigenvalue weighted by Gasteiger charge is -2.28. The summed E-state index contributed by atoms with van der Waals surface area (Å²) < 4.78 is 5.44. The number of nitrogens with zero attached hydrogens (tertiary/aromatic N) is 2. The highest BCUT2D eigenvalue weighted by molar-refractivity contribution is 5.63. The number of benzene rings is 1. The normalized spacial score (nSPS) is 14.7. The Hall–Kier alpha value is -1.81. The molecule has 2 aromatic rings. The summed E-state index contributed by atoms with van der Waals surface area (Å²) in [5.41, 5.74) is 4.35. The van der Waals surface area contributed by atoms with E-state index in [9.17, 15) is 0 Å². The highest BCUT2D eigenvalue weighted by Crippen LogP contribution is 2.33. The fourth-order valence-electron chi connectivity index (χ4n) is 2.42. The molecule has 2 heterocycles. The Morgan fingerprint density at radius 2 is 2.33 bits per heavy atom. The van der Waals surface area contributed by atoms with E-state index in [0.29, 0.717) is 11.7 Å². The number of aromatic nitrogens is 1. The molecule has 94 valence electrons. The van der Waals surface area contributed by atoms with Gasteiger partial charge in [-0.15, -0.1) is 0 Å². The van der Waals surface area contributed by atoms with Gasteiger partial charge in [-0.05, 0) is 31.4 Å². The molecule has 1 N–H and O–H groups in total. The fraction of sp³-hybridized carbons (Fsp3) is 0.357. The predicted octanol–water partition coefficient (Wildman–Crippen LogP) is 2.56. The molecule has 0 radical (unpaired) electrons. The van der Waals surface area contributed by atoms with Crippen molar-refractivity contribution in [2.75, 3.05) is 11.4 Å². The smallest absolute Gasteiger partial charge is 0.302 e. The number of aliphatic hydroxyl groups excluding tert-OH is 1. The van der Waals surface area contributed by atoms with Crippen molar-refractivity contribution in [3.8, 4) is 0 Å². The zero-order chi connectivity index (χ0) is 12.5. The summed E-state index contributed by atoms with van der Waals surface area (Å²) in [5, 5.41) is 9.04. The van der Waals surface area contributed by atoms with Gasteiger partial charge in [-0.25, -0.2) is 0 Å². The monoisotopic (exact) mass is 244 g/mol. The fourth-order valence-corrected chi connectivity index (χ4v) is 2.42. The van der Waals surface area contributed by atoms with Crippen molar-refractivity contribution in [2.45, 2.75) is 26.4 Å². The highest BCUT2D eigenvalue weighted by Gasteiger charge is 2.21. The molecule has 0 spiro atoms. The first-order valence-corrected chi connectivity index (χ1v) is 6.20. The molecule has 1 aromatic heterocycles. The third-order valence-electron chi connectivity index (χ3n) is 3.29. The van der Waals surface area contributed by atoms with E-state index in [0.717, 1.165) is 25.1 Å². The van der Waals surface area contributed by atoms with Gasteiger partial charge in [-0.2, -0.15) is 4.98 Å². The Kier molecular flexibility index (Phi) is 2.80. The maximum atomic E-state index is 9.04. The van der Waals surface area contributed by atoms with Crippen molar-refractivity contribution in [1.82, 2.24) is 4.98 Å².